The van der Waals surface area contributed by atoms with Crippen LogP contribution in [0.4, 0.5) is 10.1 Å². The molecule has 108 valence electrons. The summed E-state index contributed by atoms with van der Waals surface area (Å²) in [7, 11) is 0. The molecule has 0 atom stereocenters. The second-order valence-corrected chi connectivity index (χ2v) is 5.10. The maximum Gasteiger partial charge on any atom is 0.250 e. The molecule has 0 bridgehead atoms. The number of benzene rings is 1. The maximum absolute atomic E-state index is 13.7. The van der Waals surface area contributed by atoms with E-state index in [0.717, 1.165) is 0 Å². The van der Waals surface area contributed by atoms with Crippen molar-refractivity contribution < 1.29 is 19.0 Å². The van der Waals surface area contributed by atoms with Gasteiger partial charge in [0.1, 0.15) is 19.0 Å². The lowest BCUT2D eigenvalue weighted by Crippen LogP contribution is -2.27. The molecular formula is C15H18FNO3. The highest BCUT2D eigenvalue weighted by atomic mass is 19.1. The van der Waals surface area contributed by atoms with E-state index < -0.39 is 17.3 Å². The molecule has 5 heteroatoms. The number of aliphatic hydroxyl groups excluding tert-OH is 1. The van der Waals surface area contributed by atoms with Crippen molar-refractivity contribution in [3.8, 4) is 11.8 Å². The summed E-state index contributed by atoms with van der Waals surface area (Å²) in [4.78, 5) is 11.6. The van der Waals surface area contributed by atoms with Crippen LogP contribution in [0.15, 0.2) is 18.2 Å². The quantitative estimate of drug-likeness (QED) is 0.831. The van der Waals surface area contributed by atoms with Crippen molar-refractivity contribution in [1.29, 1.82) is 0 Å². The molecule has 0 aliphatic rings. The van der Waals surface area contributed by atoms with Gasteiger partial charge in [-0.3, -0.25) is 4.79 Å². The van der Waals surface area contributed by atoms with Gasteiger partial charge in [-0.15, -0.1) is 0 Å². The van der Waals surface area contributed by atoms with Crippen LogP contribution in [0.3, 0.4) is 0 Å². The van der Waals surface area contributed by atoms with E-state index in [4.69, 9.17) is 9.84 Å². The molecule has 0 unspecified atom stereocenters. The largest absolute Gasteiger partial charge is 0.384 e. The van der Waals surface area contributed by atoms with Crippen molar-refractivity contribution in [2.24, 2.45) is 0 Å². The van der Waals surface area contributed by atoms with E-state index in [9.17, 15) is 9.18 Å². The summed E-state index contributed by atoms with van der Waals surface area (Å²) in [6.45, 7) is 5.06. The van der Waals surface area contributed by atoms with Crippen LogP contribution in [0.25, 0.3) is 0 Å². The zero-order valence-electron chi connectivity index (χ0n) is 11.8. The molecule has 0 saturated carbocycles. The summed E-state index contributed by atoms with van der Waals surface area (Å²) < 4.78 is 19.0. The molecule has 0 spiro atoms. The highest BCUT2D eigenvalue weighted by Crippen LogP contribution is 2.15. The first-order valence-corrected chi connectivity index (χ1v) is 6.15. The van der Waals surface area contributed by atoms with Gasteiger partial charge in [-0.1, -0.05) is 11.8 Å². The van der Waals surface area contributed by atoms with Gasteiger partial charge in [-0.25, -0.2) is 4.39 Å². The molecule has 1 aromatic rings. The second kappa shape index (κ2) is 7.04. The van der Waals surface area contributed by atoms with E-state index in [-0.39, 0.29) is 18.9 Å². The third-order valence-corrected chi connectivity index (χ3v) is 2.19. The van der Waals surface area contributed by atoms with E-state index in [1.807, 2.05) is 20.8 Å². The average molecular weight is 279 g/mol. The minimum Gasteiger partial charge on any atom is -0.384 e. The van der Waals surface area contributed by atoms with Crippen LogP contribution in [0, 0.1) is 17.7 Å². The Kier molecular flexibility index (Phi) is 5.68. The molecule has 1 aromatic carbocycles. The Bertz CT molecular complexity index is 538. The number of carbonyl (C=O) groups is 1. The summed E-state index contributed by atoms with van der Waals surface area (Å²) in [5.41, 5.74) is 0.0714. The summed E-state index contributed by atoms with van der Waals surface area (Å²) in [5, 5.41) is 11.0. The Morgan fingerprint density at radius 2 is 2.15 bits per heavy atom. The van der Waals surface area contributed by atoms with Crippen molar-refractivity contribution in [1.82, 2.24) is 0 Å². The number of rotatable bonds is 3. The first kappa shape index (κ1) is 16.2. The maximum atomic E-state index is 13.7. The molecule has 0 aromatic heterocycles. The topological polar surface area (TPSA) is 58.6 Å². The van der Waals surface area contributed by atoms with E-state index in [1.165, 1.54) is 12.1 Å². The average Bonchev–Trinajstić information content (AvgIpc) is 2.36. The lowest BCUT2D eigenvalue weighted by atomic mass is 10.2. The molecule has 4 nitrogen and oxygen atoms in total. The van der Waals surface area contributed by atoms with Gasteiger partial charge >= 0.3 is 0 Å². The first-order chi connectivity index (χ1) is 9.31. The lowest BCUT2D eigenvalue weighted by Gasteiger charge is -2.19. The molecule has 1 amide bonds. The van der Waals surface area contributed by atoms with Crippen LogP contribution in [-0.4, -0.2) is 29.8 Å². The molecule has 0 heterocycles. The Labute approximate surface area is 117 Å². The van der Waals surface area contributed by atoms with E-state index in [1.54, 1.807) is 6.07 Å². The monoisotopic (exact) mass is 279 g/mol. The Morgan fingerprint density at radius 1 is 1.45 bits per heavy atom. The number of amides is 1. The normalized spacial score (nSPS) is 10.7. The second-order valence-electron chi connectivity index (χ2n) is 5.10. The highest BCUT2D eigenvalue weighted by molar-refractivity contribution is 5.91. The summed E-state index contributed by atoms with van der Waals surface area (Å²) in [6.07, 6.45) is 0. The van der Waals surface area contributed by atoms with Gasteiger partial charge in [0.25, 0.3) is 0 Å². The number of hydrogen-bond acceptors (Lipinski definition) is 3. The Balaban J connectivity index is 2.67. The molecule has 0 fully saturated rings. The predicted molar refractivity (Wildman–Crippen MR) is 74.7 cm³/mol. The van der Waals surface area contributed by atoms with Gasteiger partial charge in [-0.2, -0.15) is 0 Å². The molecule has 0 saturated heterocycles. The molecule has 2 N–H and O–H groups in total. The van der Waals surface area contributed by atoms with Gasteiger partial charge < -0.3 is 15.2 Å². The van der Waals surface area contributed by atoms with Crippen molar-refractivity contribution in [3.05, 3.63) is 29.6 Å². The zero-order chi connectivity index (χ0) is 15.2. The molecule has 0 aliphatic carbocycles. The minimum absolute atomic E-state index is 0.0713. The van der Waals surface area contributed by atoms with Crippen LogP contribution in [0.1, 0.15) is 26.3 Å². The first-order valence-electron chi connectivity index (χ1n) is 6.15. The number of hydrogen-bond donors (Lipinski definition) is 2. The summed E-state index contributed by atoms with van der Waals surface area (Å²) in [5.74, 6) is 4.00. The van der Waals surface area contributed by atoms with Crippen LogP contribution >= 0.6 is 0 Å². The van der Waals surface area contributed by atoms with Crippen LogP contribution < -0.4 is 5.32 Å². The summed E-state index contributed by atoms with van der Waals surface area (Å²) in [6, 6.07) is 4.18. The highest BCUT2D eigenvalue weighted by Gasteiger charge is 2.14. The van der Waals surface area contributed by atoms with Gasteiger partial charge in [0.05, 0.1) is 11.3 Å². The number of anilines is 1. The number of halogens is 1. The lowest BCUT2D eigenvalue weighted by molar-refractivity contribution is -0.125. The van der Waals surface area contributed by atoms with Crippen molar-refractivity contribution in [3.63, 3.8) is 0 Å². The molecule has 1 rings (SSSR count). The smallest absolute Gasteiger partial charge is 0.250 e. The molecule has 0 radical (unpaired) electrons. The van der Waals surface area contributed by atoms with E-state index in [2.05, 4.69) is 17.2 Å². The number of ether oxygens (including phenoxy) is 1. The molecular weight excluding hydrogens is 261 g/mol. The Morgan fingerprint density at radius 3 is 2.70 bits per heavy atom. The van der Waals surface area contributed by atoms with Gasteiger partial charge in [0.2, 0.25) is 5.91 Å². The summed E-state index contributed by atoms with van der Waals surface area (Å²) >= 11 is 0. The predicted octanol–water partition coefficient (Wildman–Crippen LogP) is 1.92. The van der Waals surface area contributed by atoms with Crippen molar-refractivity contribution in [2.45, 2.75) is 26.4 Å². The van der Waals surface area contributed by atoms with Crippen LogP contribution in [-0.2, 0) is 9.53 Å². The minimum atomic E-state index is -0.584. The number of carbonyl (C=O) groups excluding carboxylic acids is 1. The fraction of sp³-hybridized carbons (Fsp3) is 0.400. The third-order valence-electron chi connectivity index (χ3n) is 2.19. The SMILES string of the molecule is CC(C)(C)OCC(=O)Nc1ccc(C#CCO)cc1F. The third kappa shape index (κ3) is 5.83. The van der Waals surface area contributed by atoms with Gasteiger partial charge in [0.15, 0.2) is 0 Å². The zero-order valence-corrected chi connectivity index (χ0v) is 11.8. The van der Waals surface area contributed by atoms with Gasteiger partial charge in [0, 0.05) is 5.56 Å². The van der Waals surface area contributed by atoms with Crippen molar-refractivity contribution in [2.75, 3.05) is 18.5 Å². The standard InChI is InChI=1S/C15H18FNO3/c1-15(2,3)20-10-14(19)17-13-7-6-11(5-4-8-18)9-12(13)16/h6-7,9,18H,8,10H2,1-3H3,(H,17,19). The molecule has 0 aliphatic heterocycles. The fourth-order valence-electron chi connectivity index (χ4n) is 1.30. The van der Waals surface area contributed by atoms with Crippen molar-refractivity contribution >= 4 is 11.6 Å². The fourth-order valence-corrected chi connectivity index (χ4v) is 1.30. The molecule has 20 heavy (non-hydrogen) atoms. The van der Waals surface area contributed by atoms with Gasteiger partial charge in [-0.05, 0) is 39.0 Å². The Hall–Kier alpha value is -1.90. The van der Waals surface area contributed by atoms with E-state index >= 15 is 0 Å². The van der Waals surface area contributed by atoms with E-state index in [0.29, 0.717) is 5.56 Å². The number of nitrogens with one attached hydrogen (secondary N) is 1. The number of aliphatic hydroxyl groups is 1. The van der Waals surface area contributed by atoms with Crippen LogP contribution in [0.5, 0.6) is 0 Å². The van der Waals surface area contributed by atoms with Crippen LogP contribution in [0.2, 0.25) is 0 Å².